The second-order valence-corrected chi connectivity index (χ2v) is 9.38. The molecule has 2 aromatic rings. The number of nitro benzene ring substituents is 1. The highest BCUT2D eigenvalue weighted by Gasteiger charge is 2.45. The molecule has 1 heterocycles. The first-order valence-corrected chi connectivity index (χ1v) is 11.1. The molecular formula is C20H22FN3O5S. The number of nitro groups is 1. The first kappa shape index (κ1) is 21.8. The van der Waals surface area contributed by atoms with Gasteiger partial charge in [0.1, 0.15) is 5.82 Å². The average Bonchev–Trinajstić information content (AvgIpc) is 2.75. The van der Waals surface area contributed by atoms with Crippen molar-refractivity contribution in [2.45, 2.75) is 25.2 Å². The van der Waals surface area contributed by atoms with E-state index in [1.807, 2.05) is 0 Å². The predicted octanol–water partition coefficient (Wildman–Crippen LogP) is 3.06. The Kier molecular flexibility index (Phi) is 6.18. The highest BCUT2D eigenvalue weighted by Crippen LogP contribution is 2.38. The Morgan fingerprint density at radius 1 is 1.20 bits per heavy atom. The Labute approximate surface area is 173 Å². The molecule has 0 unspecified atom stereocenters. The van der Waals surface area contributed by atoms with Crippen LogP contribution in [-0.4, -0.2) is 42.4 Å². The molecule has 0 atom stereocenters. The van der Waals surface area contributed by atoms with Crippen LogP contribution < -0.4 is 5.32 Å². The Morgan fingerprint density at radius 3 is 2.40 bits per heavy atom. The number of rotatable bonds is 6. The summed E-state index contributed by atoms with van der Waals surface area (Å²) in [7, 11) is -3.39. The van der Waals surface area contributed by atoms with Crippen LogP contribution in [0, 0.1) is 15.9 Å². The van der Waals surface area contributed by atoms with Gasteiger partial charge in [-0.15, -0.1) is 0 Å². The second-order valence-electron chi connectivity index (χ2n) is 7.12. The van der Waals surface area contributed by atoms with Crippen LogP contribution in [0.2, 0.25) is 0 Å². The molecule has 0 saturated carbocycles. The average molecular weight is 435 g/mol. The number of benzene rings is 2. The van der Waals surface area contributed by atoms with Crippen LogP contribution in [0.1, 0.15) is 25.3 Å². The van der Waals surface area contributed by atoms with Gasteiger partial charge < -0.3 is 5.32 Å². The lowest BCUT2D eigenvalue weighted by molar-refractivity contribution is -0.384. The second kappa shape index (κ2) is 8.49. The lowest BCUT2D eigenvalue weighted by Crippen LogP contribution is -2.51. The van der Waals surface area contributed by atoms with Gasteiger partial charge in [-0.3, -0.25) is 14.9 Å². The molecule has 1 amide bonds. The van der Waals surface area contributed by atoms with E-state index in [0.29, 0.717) is 5.56 Å². The van der Waals surface area contributed by atoms with Gasteiger partial charge in [0, 0.05) is 25.2 Å². The molecule has 1 aliphatic heterocycles. The van der Waals surface area contributed by atoms with Gasteiger partial charge in [0.15, 0.2) is 0 Å². The van der Waals surface area contributed by atoms with Crippen molar-refractivity contribution in [2.75, 3.05) is 24.2 Å². The van der Waals surface area contributed by atoms with Crippen LogP contribution in [0.5, 0.6) is 0 Å². The third-order valence-electron chi connectivity index (χ3n) is 5.50. The topological polar surface area (TPSA) is 110 Å². The van der Waals surface area contributed by atoms with Crippen LogP contribution in [0.3, 0.4) is 0 Å². The SMILES string of the molecule is CCS(=O)(=O)N1CCC(C(=O)Nc2cc([N+](=O)[O-])ccc2F)(c2ccccc2)CC1. The highest BCUT2D eigenvalue weighted by atomic mass is 32.2. The van der Waals surface area contributed by atoms with Gasteiger partial charge >= 0.3 is 0 Å². The molecule has 0 spiro atoms. The fourth-order valence-corrected chi connectivity index (χ4v) is 4.80. The molecule has 1 aliphatic rings. The van der Waals surface area contributed by atoms with Crippen LogP contribution in [0.25, 0.3) is 0 Å². The molecule has 8 nitrogen and oxygen atoms in total. The lowest BCUT2D eigenvalue weighted by atomic mass is 9.72. The summed E-state index contributed by atoms with van der Waals surface area (Å²) in [5, 5.41) is 13.5. The molecule has 1 fully saturated rings. The van der Waals surface area contributed by atoms with E-state index in [-0.39, 0.29) is 43.1 Å². The Morgan fingerprint density at radius 2 is 1.83 bits per heavy atom. The maximum absolute atomic E-state index is 14.2. The third-order valence-corrected chi connectivity index (χ3v) is 7.39. The van der Waals surface area contributed by atoms with Gasteiger partial charge in [0.2, 0.25) is 15.9 Å². The number of carbonyl (C=O) groups is 1. The van der Waals surface area contributed by atoms with E-state index in [9.17, 15) is 27.7 Å². The third kappa shape index (κ3) is 4.19. The molecule has 1 saturated heterocycles. The summed E-state index contributed by atoms with van der Waals surface area (Å²) in [5.74, 6) is -1.35. The predicted molar refractivity (Wildman–Crippen MR) is 110 cm³/mol. The van der Waals surface area contributed by atoms with E-state index >= 15 is 0 Å². The van der Waals surface area contributed by atoms with Crippen molar-refractivity contribution < 1.29 is 22.5 Å². The standard InChI is InChI=1S/C20H22FN3O5S/c1-2-30(28,29)23-12-10-20(11-13-23,15-6-4-3-5-7-15)19(25)22-18-14-16(24(26)27)8-9-17(18)21/h3-9,14H,2,10-13H2,1H3,(H,22,25). The molecule has 0 aliphatic carbocycles. The molecule has 0 radical (unpaired) electrons. The van der Waals surface area contributed by atoms with Gasteiger partial charge in [0.25, 0.3) is 5.69 Å². The Bertz CT molecular complexity index is 1050. The summed E-state index contributed by atoms with van der Waals surface area (Å²) in [6, 6.07) is 11.8. The number of sulfonamides is 1. The van der Waals surface area contributed by atoms with Crippen molar-refractivity contribution in [3.05, 3.63) is 70.0 Å². The van der Waals surface area contributed by atoms with Crippen molar-refractivity contribution in [1.82, 2.24) is 4.31 Å². The number of carbonyl (C=O) groups excluding carboxylic acids is 1. The van der Waals surface area contributed by atoms with E-state index in [1.54, 1.807) is 37.3 Å². The number of non-ortho nitro benzene ring substituents is 1. The minimum absolute atomic E-state index is 0.0313. The highest BCUT2D eigenvalue weighted by molar-refractivity contribution is 7.89. The van der Waals surface area contributed by atoms with Gasteiger partial charge in [-0.1, -0.05) is 30.3 Å². The fraction of sp³-hybridized carbons (Fsp3) is 0.350. The maximum atomic E-state index is 14.2. The molecule has 30 heavy (non-hydrogen) atoms. The van der Waals surface area contributed by atoms with Crippen LogP contribution in [-0.2, 0) is 20.2 Å². The summed E-state index contributed by atoms with van der Waals surface area (Å²) in [5.41, 5.74) is -1.03. The quantitative estimate of drug-likeness (QED) is 0.554. The van der Waals surface area contributed by atoms with E-state index in [1.165, 1.54) is 4.31 Å². The number of nitrogens with zero attached hydrogens (tertiary/aromatic N) is 2. The summed E-state index contributed by atoms with van der Waals surface area (Å²) < 4.78 is 40.0. The number of anilines is 1. The molecule has 1 N–H and O–H groups in total. The number of halogens is 1. The summed E-state index contributed by atoms with van der Waals surface area (Å²) in [6.07, 6.45) is 0.414. The van der Waals surface area contributed by atoms with Crippen LogP contribution >= 0.6 is 0 Å². The smallest absolute Gasteiger partial charge is 0.271 e. The Hall–Kier alpha value is -2.85. The van der Waals surface area contributed by atoms with E-state index < -0.39 is 32.1 Å². The van der Waals surface area contributed by atoms with E-state index in [0.717, 1.165) is 18.2 Å². The van der Waals surface area contributed by atoms with Gasteiger partial charge in [-0.2, -0.15) is 0 Å². The normalized spacial score (nSPS) is 16.7. The van der Waals surface area contributed by atoms with Gasteiger partial charge in [0.05, 0.1) is 21.8 Å². The molecule has 3 rings (SSSR count). The van der Waals surface area contributed by atoms with E-state index in [2.05, 4.69) is 5.32 Å². The maximum Gasteiger partial charge on any atom is 0.271 e. The zero-order chi connectivity index (χ0) is 21.9. The molecule has 0 bridgehead atoms. The zero-order valence-corrected chi connectivity index (χ0v) is 17.2. The van der Waals surface area contributed by atoms with Crippen molar-refractivity contribution in [3.63, 3.8) is 0 Å². The van der Waals surface area contributed by atoms with Crippen molar-refractivity contribution in [1.29, 1.82) is 0 Å². The summed E-state index contributed by atoms with van der Waals surface area (Å²) in [6.45, 7) is 1.86. The molecular weight excluding hydrogens is 413 g/mol. The first-order chi connectivity index (χ1) is 14.2. The molecule has 0 aromatic heterocycles. The number of piperidine rings is 1. The summed E-state index contributed by atoms with van der Waals surface area (Å²) >= 11 is 0. The van der Waals surface area contributed by atoms with Crippen molar-refractivity contribution in [3.8, 4) is 0 Å². The monoisotopic (exact) mass is 435 g/mol. The first-order valence-electron chi connectivity index (χ1n) is 9.48. The fourth-order valence-electron chi connectivity index (χ4n) is 3.70. The van der Waals surface area contributed by atoms with Crippen LogP contribution in [0.15, 0.2) is 48.5 Å². The van der Waals surface area contributed by atoms with Crippen LogP contribution in [0.4, 0.5) is 15.8 Å². The zero-order valence-electron chi connectivity index (χ0n) is 16.4. The number of amides is 1. The van der Waals surface area contributed by atoms with Gasteiger partial charge in [-0.25, -0.2) is 17.1 Å². The van der Waals surface area contributed by atoms with Crippen molar-refractivity contribution >= 4 is 27.3 Å². The largest absolute Gasteiger partial charge is 0.323 e. The Balaban J connectivity index is 1.94. The minimum atomic E-state index is -3.39. The van der Waals surface area contributed by atoms with Gasteiger partial charge in [-0.05, 0) is 31.4 Å². The summed E-state index contributed by atoms with van der Waals surface area (Å²) in [4.78, 5) is 23.7. The minimum Gasteiger partial charge on any atom is -0.323 e. The van der Waals surface area contributed by atoms with E-state index in [4.69, 9.17) is 0 Å². The molecule has 160 valence electrons. The molecule has 10 heteroatoms. The number of nitrogens with one attached hydrogen (secondary N) is 1. The molecule has 2 aromatic carbocycles. The van der Waals surface area contributed by atoms with Crippen molar-refractivity contribution in [2.24, 2.45) is 0 Å². The lowest BCUT2D eigenvalue weighted by Gasteiger charge is -2.40. The number of hydrogen-bond donors (Lipinski definition) is 1. The number of hydrogen-bond acceptors (Lipinski definition) is 5.